The van der Waals surface area contributed by atoms with E-state index in [0.29, 0.717) is 18.8 Å². The molecule has 2 rings (SSSR count). The molecule has 0 saturated carbocycles. The number of hydrogen-bond donors (Lipinski definition) is 2. The number of β-amino-alcohol motifs (C(OH)–C–C–N with tert-alkyl or cyclic N) is 1. The Kier molecular flexibility index (Phi) is 2.56. The monoisotopic (exact) mass is 241 g/mol. The molecule has 1 aromatic rings. The molecule has 86 valence electrons. The summed E-state index contributed by atoms with van der Waals surface area (Å²) in [5.74, 6) is -1.04. The van der Waals surface area contributed by atoms with E-state index in [9.17, 15) is 9.90 Å². The van der Waals surface area contributed by atoms with Gasteiger partial charge in [0, 0.05) is 13.1 Å². The van der Waals surface area contributed by atoms with Gasteiger partial charge in [0.1, 0.15) is 0 Å². The van der Waals surface area contributed by atoms with Crippen molar-refractivity contribution in [1.29, 1.82) is 0 Å². The minimum atomic E-state index is -1.04. The third kappa shape index (κ3) is 1.86. The Hall–Kier alpha value is -1.26. The maximum Gasteiger partial charge on any atom is 0.337 e. The number of hydrogen-bond acceptors (Lipinski definition) is 3. The van der Waals surface area contributed by atoms with E-state index in [-0.39, 0.29) is 10.6 Å². The van der Waals surface area contributed by atoms with Gasteiger partial charge in [-0.3, -0.25) is 0 Å². The van der Waals surface area contributed by atoms with Crippen LogP contribution >= 0.6 is 11.6 Å². The number of carbonyl (C=O) groups is 1. The minimum absolute atomic E-state index is 0.0886. The van der Waals surface area contributed by atoms with Crippen molar-refractivity contribution in [3.63, 3.8) is 0 Å². The maximum atomic E-state index is 10.9. The molecular weight excluding hydrogens is 230 g/mol. The van der Waals surface area contributed by atoms with E-state index < -0.39 is 11.6 Å². The Morgan fingerprint density at radius 2 is 2.12 bits per heavy atom. The van der Waals surface area contributed by atoms with Crippen LogP contribution in [0.25, 0.3) is 0 Å². The molecular formula is C11H12ClNO3. The molecule has 16 heavy (non-hydrogen) atoms. The van der Waals surface area contributed by atoms with Crippen LogP contribution in [0.15, 0.2) is 18.2 Å². The van der Waals surface area contributed by atoms with Crippen molar-refractivity contribution >= 4 is 23.3 Å². The molecule has 0 aromatic heterocycles. The van der Waals surface area contributed by atoms with Gasteiger partial charge in [0.2, 0.25) is 0 Å². The molecule has 1 heterocycles. The Balaban J connectivity index is 2.30. The largest absolute Gasteiger partial charge is 0.478 e. The fourth-order valence-electron chi connectivity index (χ4n) is 1.88. The number of aliphatic hydroxyl groups is 1. The number of benzene rings is 1. The van der Waals surface area contributed by atoms with Crippen molar-refractivity contribution in [3.8, 4) is 0 Å². The zero-order valence-electron chi connectivity index (χ0n) is 8.77. The van der Waals surface area contributed by atoms with Crippen molar-refractivity contribution in [2.75, 3.05) is 18.0 Å². The number of carboxylic acid groups (broad SMARTS) is 1. The minimum Gasteiger partial charge on any atom is -0.478 e. The van der Waals surface area contributed by atoms with Gasteiger partial charge in [-0.1, -0.05) is 17.7 Å². The Morgan fingerprint density at radius 1 is 1.50 bits per heavy atom. The average Bonchev–Trinajstić information content (AvgIpc) is 2.14. The lowest BCUT2D eigenvalue weighted by molar-refractivity contribution is 0.0310. The first-order valence-electron chi connectivity index (χ1n) is 4.90. The summed E-state index contributed by atoms with van der Waals surface area (Å²) in [5, 5.41) is 18.8. The van der Waals surface area contributed by atoms with Crippen molar-refractivity contribution in [2.45, 2.75) is 12.5 Å². The van der Waals surface area contributed by atoms with Crippen LogP contribution in [-0.2, 0) is 0 Å². The van der Waals surface area contributed by atoms with E-state index in [0.717, 1.165) is 0 Å². The van der Waals surface area contributed by atoms with Crippen LogP contribution in [0.2, 0.25) is 5.02 Å². The van der Waals surface area contributed by atoms with Crippen LogP contribution in [0, 0.1) is 0 Å². The normalized spacial score (nSPS) is 18.1. The second-order valence-corrected chi connectivity index (χ2v) is 4.67. The molecule has 1 fully saturated rings. The number of nitrogens with zero attached hydrogens (tertiary/aromatic N) is 1. The molecule has 1 saturated heterocycles. The molecule has 2 N–H and O–H groups in total. The van der Waals surface area contributed by atoms with Crippen LogP contribution in [-0.4, -0.2) is 34.9 Å². The first-order chi connectivity index (χ1) is 7.41. The predicted octanol–water partition coefficient (Wildman–Crippen LogP) is 1.61. The maximum absolute atomic E-state index is 10.9. The van der Waals surface area contributed by atoms with Gasteiger partial charge in [-0.05, 0) is 19.1 Å². The summed E-state index contributed by atoms with van der Waals surface area (Å²) in [5.41, 5.74) is 0.0431. The van der Waals surface area contributed by atoms with Gasteiger partial charge in [-0.2, -0.15) is 0 Å². The molecule has 0 unspecified atom stereocenters. The summed E-state index contributed by atoms with van der Waals surface area (Å²) in [6, 6.07) is 4.87. The smallest absolute Gasteiger partial charge is 0.337 e. The molecule has 5 heteroatoms. The zero-order valence-corrected chi connectivity index (χ0v) is 9.53. The molecule has 1 aromatic carbocycles. The van der Waals surface area contributed by atoms with Crippen LogP contribution in [0.3, 0.4) is 0 Å². The average molecular weight is 242 g/mol. The van der Waals surface area contributed by atoms with Crippen molar-refractivity contribution in [2.24, 2.45) is 0 Å². The number of rotatable bonds is 2. The highest BCUT2D eigenvalue weighted by Gasteiger charge is 2.37. The Labute approximate surface area is 98.1 Å². The first kappa shape index (κ1) is 11.2. The SMILES string of the molecule is CC1(O)CN(c2cccc(C(=O)O)c2Cl)C1. The van der Waals surface area contributed by atoms with Gasteiger partial charge in [0.05, 0.1) is 21.9 Å². The van der Waals surface area contributed by atoms with Gasteiger partial charge < -0.3 is 15.1 Å². The van der Waals surface area contributed by atoms with Gasteiger partial charge in [0.25, 0.3) is 0 Å². The summed E-state index contributed by atoms with van der Waals surface area (Å²) in [7, 11) is 0. The van der Waals surface area contributed by atoms with Gasteiger partial charge in [-0.15, -0.1) is 0 Å². The van der Waals surface area contributed by atoms with E-state index in [1.165, 1.54) is 6.07 Å². The Bertz CT molecular complexity index is 437. The standard InChI is InChI=1S/C11H12ClNO3/c1-11(16)5-13(6-11)8-4-2-3-7(9(8)12)10(14)15/h2-4,16H,5-6H2,1H3,(H,14,15). The van der Waals surface area contributed by atoms with Crippen molar-refractivity contribution < 1.29 is 15.0 Å². The van der Waals surface area contributed by atoms with Gasteiger partial charge in [-0.25, -0.2) is 4.79 Å². The second kappa shape index (κ2) is 3.64. The number of halogens is 1. The highest BCUT2D eigenvalue weighted by molar-refractivity contribution is 6.36. The van der Waals surface area contributed by atoms with E-state index in [4.69, 9.17) is 16.7 Å². The summed E-state index contributed by atoms with van der Waals surface area (Å²) in [6.07, 6.45) is 0. The zero-order chi connectivity index (χ0) is 11.9. The van der Waals surface area contributed by atoms with E-state index >= 15 is 0 Å². The second-order valence-electron chi connectivity index (χ2n) is 4.30. The molecule has 0 aliphatic carbocycles. The lowest BCUT2D eigenvalue weighted by Crippen LogP contribution is -2.60. The molecule has 1 aliphatic rings. The molecule has 4 nitrogen and oxygen atoms in total. The number of carboxylic acids is 1. The van der Waals surface area contributed by atoms with Crippen molar-refractivity contribution in [3.05, 3.63) is 28.8 Å². The number of aromatic carboxylic acids is 1. The lowest BCUT2D eigenvalue weighted by atomic mass is 9.96. The fraction of sp³-hybridized carbons (Fsp3) is 0.364. The van der Waals surface area contributed by atoms with E-state index in [1.54, 1.807) is 19.1 Å². The Morgan fingerprint density at radius 3 is 2.62 bits per heavy atom. The predicted molar refractivity (Wildman–Crippen MR) is 61.2 cm³/mol. The summed E-state index contributed by atoms with van der Waals surface area (Å²) < 4.78 is 0. The molecule has 1 aliphatic heterocycles. The summed E-state index contributed by atoms with van der Waals surface area (Å²) >= 11 is 6.00. The van der Waals surface area contributed by atoms with Crippen LogP contribution in [0.4, 0.5) is 5.69 Å². The summed E-state index contributed by atoms with van der Waals surface area (Å²) in [4.78, 5) is 12.7. The van der Waals surface area contributed by atoms with Crippen LogP contribution in [0.5, 0.6) is 0 Å². The van der Waals surface area contributed by atoms with E-state index in [2.05, 4.69) is 0 Å². The highest BCUT2D eigenvalue weighted by Crippen LogP contribution is 2.34. The quantitative estimate of drug-likeness (QED) is 0.826. The van der Waals surface area contributed by atoms with Crippen LogP contribution < -0.4 is 4.90 Å². The lowest BCUT2D eigenvalue weighted by Gasteiger charge is -2.46. The van der Waals surface area contributed by atoms with Crippen LogP contribution in [0.1, 0.15) is 17.3 Å². The van der Waals surface area contributed by atoms with E-state index in [1.807, 2.05) is 4.90 Å². The topological polar surface area (TPSA) is 60.8 Å². The highest BCUT2D eigenvalue weighted by atomic mass is 35.5. The molecule has 0 amide bonds. The van der Waals surface area contributed by atoms with Gasteiger partial charge in [0.15, 0.2) is 0 Å². The molecule has 0 atom stereocenters. The first-order valence-corrected chi connectivity index (χ1v) is 5.28. The fourth-order valence-corrected chi connectivity index (χ4v) is 2.20. The number of anilines is 1. The summed E-state index contributed by atoms with van der Waals surface area (Å²) in [6.45, 7) is 2.67. The van der Waals surface area contributed by atoms with Crippen molar-refractivity contribution in [1.82, 2.24) is 0 Å². The molecule has 0 spiro atoms. The van der Waals surface area contributed by atoms with Gasteiger partial charge >= 0.3 is 5.97 Å². The molecule has 0 bridgehead atoms. The third-order valence-electron chi connectivity index (χ3n) is 2.61. The third-order valence-corrected chi connectivity index (χ3v) is 3.01. The molecule has 0 radical (unpaired) electrons.